The molecule has 1 aliphatic heterocycles. The normalized spacial score (nSPS) is 16.8. The van der Waals surface area contributed by atoms with E-state index in [2.05, 4.69) is 10.2 Å². The van der Waals surface area contributed by atoms with Crippen LogP contribution in [0, 0.1) is 6.92 Å². The molecule has 1 saturated heterocycles. The van der Waals surface area contributed by atoms with Crippen molar-refractivity contribution in [1.29, 1.82) is 0 Å². The van der Waals surface area contributed by atoms with Crippen molar-refractivity contribution in [2.24, 2.45) is 0 Å². The quantitative estimate of drug-likeness (QED) is 0.873. The maximum absolute atomic E-state index is 12.9. The Hall–Kier alpha value is -2.64. The van der Waals surface area contributed by atoms with Gasteiger partial charge in [-0.3, -0.25) is 4.79 Å². The Bertz CT molecular complexity index is 854. The third kappa shape index (κ3) is 3.74. The molecule has 1 aliphatic rings. The minimum Gasteiger partial charge on any atom is -0.507 e. The molecule has 5 nitrogen and oxygen atoms in total. The third-order valence-electron chi connectivity index (χ3n) is 4.92. The van der Waals surface area contributed by atoms with Crippen LogP contribution in [-0.2, 0) is 17.5 Å². The second-order valence-corrected chi connectivity index (χ2v) is 7.39. The summed E-state index contributed by atoms with van der Waals surface area (Å²) in [5, 5.41) is 18.2. The fourth-order valence-corrected chi connectivity index (χ4v) is 3.33. The average molecular weight is 379 g/mol. The van der Waals surface area contributed by atoms with Gasteiger partial charge in [-0.05, 0) is 57.0 Å². The monoisotopic (exact) mass is 379 g/mol. The maximum Gasteiger partial charge on any atom is 0.416 e. The number of carbonyl (C=O) groups is 1. The van der Waals surface area contributed by atoms with E-state index < -0.39 is 17.5 Å². The van der Waals surface area contributed by atoms with Gasteiger partial charge in [0.2, 0.25) is 5.91 Å². The predicted octanol–water partition coefficient (Wildman–Crippen LogP) is 4.08. The molecule has 27 heavy (non-hydrogen) atoms. The molecule has 8 heteroatoms. The van der Waals surface area contributed by atoms with Crippen molar-refractivity contribution in [3.63, 3.8) is 0 Å². The number of aromatic nitrogens is 2. The summed E-state index contributed by atoms with van der Waals surface area (Å²) in [4.78, 5) is 13.8. The largest absolute Gasteiger partial charge is 0.507 e. The van der Waals surface area contributed by atoms with Crippen LogP contribution in [0.2, 0.25) is 0 Å². The van der Waals surface area contributed by atoms with Crippen LogP contribution in [0.15, 0.2) is 24.3 Å². The Kier molecular flexibility index (Phi) is 4.61. The second-order valence-electron chi connectivity index (χ2n) is 7.39. The number of carbonyl (C=O) groups excluding carboxylic acids is 1. The van der Waals surface area contributed by atoms with Gasteiger partial charge >= 0.3 is 6.18 Å². The molecule has 2 heterocycles. The van der Waals surface area contributed by atoms with Crippen molar-refractivity contribution in [1.82, 2.24) is 15.1 Å². The number of hydrogen-bond acceptors (Lipinski definition) is 4. The van der Waals surface area contributed by atoms with Crippen LogP contribution in [0.4, 0.5) is 13.2 Å². The summed E-state index contributed by atoms with van der Waals surface area (Å²) in [5.74, 6) is -0.442. The van der Waals surface area contributed by atoms with Crippen LogP contribution in [-0.4, -0.2) is 31.6 Å². The molecule has 1 aromatic heterocycles. The van der Waals surface area contributed by atoms with E-state index in [-0.39, 0.29) is 28.3 Å². The van der Waals surface area contributed by atoms with Gasteiger partial charge in [0.05, 0.1) is 23.5 Å². The van der Waals surface area contributed by atoms with Gasteiger partial charge in [-0.2, -0.15) is 23.4 Å². The molecule has 0 atom stereocenters. The van der Waals surface area contributed by atoms with Crippen LogP contribution in [0.5, 0.6) is 5.75 Å². The first-order valence-corrected chi connectivity index (χ1v) is 8.53. The Labute approximate surface area is 154 Å². The summed E-state index contributed by atoms with van der Waals surface area (Å²) in [7, 11) is 0. The first-order valence-electron chi connectivity index (χ1n) is 8.53. The van der Waals surface area contributed by atoms with Gasteiger partial charge in [0.25, 0.3) is 0 Å². The lowest BCUT2D eigenvalue weighted by Gasteiger charge is -2.31. The number of halogens is 3. The molecule has 0 saturated carbocycles. The number of phenols is 1. The van der Waals surface area contributed by atoms with Crippen LogP contribution >= 0.6 is 0 Å². The number of nitrogens with zero attached hydrogens (tertiary/aromatic N) is 3. The molecule has 1 fully saturated rings. The molecule has 144 valence electrons. The summed E-state index contributed by atoms with van der Waals surface area (Å²) in [5.41, 5.74) is 0.140. The number of phenolic OH excluding ortho intramolecular Hbond substituents is 1. The SMILES string of the molecule is Cc1cc(C(F)(F)F)cc(O)c1-c1ccc(CN2C(=O)CCC2(C)C)nn1. The summed E-state index contributed by atoms with van der Waals surface area (Å²) in [6.07, 6.45) is -3.27. The number of alkyl halides is 3. The second kappa shape index (κ2) is 6.51. The van der Waals surface area contributed by atoms with Crippen molar-refractivity contribution in [3.8, 4) is 17.0 Å². The minimum absolute atomic E-state index is 0.0575. The maximum atomic E-state index is 12.9. The smallest absolute Gasteiger partial charge is 0.416 e. The minimum atomic E-state index is -4.54. The molecule has 1 amide bonds. The standard InChI is InChI=1S/C19H20F3N3O2/c1-11-8-12(19(20,21)22)9-15(26)17(11)14-5-4-13(23-24-14)10-25-16(27)6-7-18(25,2)3/h4-5,8-9,26H,6-7,10H2,1-3H3. The molecule has 1 aromatic carbocycles. The van der Waals surface area contributed by atoms with E-state index in [1.54, 1.807) is 17.0 Å². The first-order chi connectivity index (χ1) is 12.5. The van der Waals surface area contributed by atoms with Gasteiger partial charge < -0.3 is 10.0 Å². The number of hydrogen-bond donors (Lipinski definition) is 1. The Morgan fingerprint density at radius 1 is 1.22 bits per heavy atom. The summed E-state index contributed by atoms with van der Waals surface area (Å²) < 4.78 is 38.6. The van der Waals surface area contributed by atoms with Crippen molar-refractivity contribution in [2.75, 3.05) is 0 Å². The number of likely N-dealkylation sites (tertiary alicyclic amines) is 1. The van der Waals surface area contributed by atoms with E-state index >= 15 is 0 Å². The zero-order valence-corrected chi connectivity index (χ0v) is 15.3. The number of aromatic hydroxyl groups is 1. The molecule has 0 aliphatic carbocycles. The average Bonchev–Trinajstić information content (AvgIpc) is 2.81. The summed E-state index contributed by atoms with van der Waals surface area (Å²) in [6, 6.07) is 4.91. The van der Waals surface area contributed by atoms with E-state index in [0.29, 0.717) is 24.7 Å². The first kappa shape index (κ1) is 19.1. The van der Waals surface area contributed by atoms with Gasteiger partial charge in [-0.1, -0.05) is 0 Å². The van der Waals surface area contributed by atoms with Crippen molar-refractivity contribution in [2.45, 2.75) is 51.9 Å². The molecule has 0 spiro atoms. The third-order valence-corrected chi connectivity index (χ3v) is 4.92. The zero-order valence-electron chi connectivity index (χ0n) is 15.3. The van der Waals surface area contributed by atoms with Crippen LogP contribution < -0.4 is 0 Å². The van der Waals surface area contributed by atoms with Crippen LogP contribution in [0.25, 0.3) is 11.3 Å². The molecule has 3 rings (SSSR count). The van der Waals surface area contributed by atoms with Gasteiger partial charge in [-0.15, -0.1) is 0 Å². The molecule has 0 radical (unpaired) electrons. The lowest BCUT2D eigenvalue weighted by molar-refractivity contribution is -0.137. The van der Waals surface area contributed by atoms with Crippen LogP contribution in [0.1, 0.15) is 43.5 Å². The molecule has 0 unspecified atom stereocenters. The van der Waals surface area contributed by atoms with E-state index in [0.717, 1.165) is 12.5 Å². The number of aryl methyl sites for hydroxylation is 1. The van der Waals surface area contributed by atoms with Gasteiger partial charge in [-0.25, -0.2) is 0 Å². The molecular formula is C19H20F3N3O2. The molecule has 0 bridgehead atoms. The summed E-state index contributed by atoms with van der Waals surface area (Å²) >= 11 is 0. The predicted molar refractivity (Wildman–Crippen MR) is 92.7 cm³/mol. The highest BCUT2D eigenvalue weighted by atomic mass is 19.4. The summed E-state index contributed by atoms with van der Waals surface area (Å²) in [6.45, 7) is 5.77. The Balaban J connectivity index is 1.87. The zero-order chi connectivity index (χ0) is 20.0. The number of benzene rings is 1. The van der Waals surface area contributed by atoms with Crippen molar-refractivity contribution < 1.29 is 23.1 Å². The fraction of sp³-hybridized carbons (Fsp3) is 0.421. The molecule has 1 N–H and O–H groups in total. The van der Waals surface area contributed by atoms with E-state index in [4.69, 9.17) is 0 Å². The fourth-order valence-electron chi connectivity index (χ4n) is 3.33. The highest BCUT2D eigenvalue weighted by Gasteiger charge is 2.37. The highest BCUT2D eigenvalue weighted by molar-refractivity contribution is 5.79. The molecular weight excluding hydrogens is 359 g/mol. The van der Waals surface area contributed by atoms with Gasteiger partial charge in [0.15, 0.2) is 0 Å². The Morgan fingerprint density at radius 3 is 2.41 bits per heavy atom. The van der Waals surface area contributed by atoms with Gasteiger partial charge in [0, 0.05) is 17.5 Å². The lowest BCUT2D eigenvalue weighted by atomic mass is 10.0. The van der Waals surface area contributed by atoms with Gasteiger partial charge in [0.1, 0.15) is 5.75 Å². The van der Waals surface area contributed by atoms with Crippen molar-refractivity contribution in [3.05, 3.63) is 41.1 Å². The van der Waals surface area contributed by atoms with Crippen LogP contribution in [0.3, 0.4) is 0 Å². The van der Waals surface area contributed by atoms with E-state index in [1.165, 1.54) is 6.92 Å². The topological polar surface area (TPSA) is 66.3 Å². The molecule has 2 aromatic rings. The van der Waals surface area contributed by atoms with E-state index in [9.17, 15) is 23.1 Å². The van der Waals surface area contributed by atoms with E-state index in [1.807, 2.05) is 13.8 Å². The van der Waals surface area contributed by atoms with Crippen molar-refractivity contribution >= 4 is 5.91 Å². The number of amides is 1. The highest BCUT2D eigenvalue weighted by Crippen LogP contribution is 2.38. The lowest BCUT2D eigenvalue weighted by Crippen LogP contribution is -2.40. The Morgan fingerprint density at radius 2 is 1.93 bits per heavy atom. The number of rotatable bonds is 3.